The minimum absolute atomic E-state index is 0.146. The van der Waals surface area contributed by atoms with Gasteiger partial charge in [-0.05, 0) is 42.0 Å². The van der Waals surface area contributed by atoms with Gasteiger partial charge in [-0.1, -0.05) is 6.08 Å². The molecule has 6 nitrogen and oxygen atoms in total. The highest BCUT2D eigenvalue weighted by Crippen LogP contribution is 2.38. The molecule has 1 aliphatic rings. The first-order valence-corrected chi connectivity index (χ1v) is 7.58. The normalized spacial score (nSPS) is 12.3. The average Bonchev–Trinajstić information content (AvgIpc) is 3.12. The second-order valence-corrected chi connectivity index (χ2v) is 5.22. The monoisotopic (exact) mass is 342 g/mol. The highest BCUT2D eigenvalue weighted by molar-refractivity contribution is 6.07. The molecule has 6 heteroatoms. The number of hydrogen-bond donors (Lipinski definition) is 0. The maximum absolute atomic E-state index is 12.4. The maximum atomic E-state index is 12.4. The van der Waals surface area contributed by atoms with Crippen molar-refractivity contribution >= 4 is 11.9 Å². The fourth-order valence-electron chi connectivity index (χ4n) is 2.52. The van der Waals surface area contributed by atoms with E-state index in [1.807, 2.05) is 0 Å². The number of benzene rings is 2. The summed E-state index contributed by atoms with van der Waals surface area (Å²) < 4.78 is 26.4. The van der Waals surface area contributed by atoms with Crippen LogP contribution < -0.4 is 23.7 Å². The smallest absolute Gasteiger partial charge is 0.231 e. The number of ketones is 1. The number of carbonyl (C=O) groups excluding carboxylic acids is 1. The van der Waals surface area contributed by atoms with E-state index in [-0.39, 0.29) is 12.6 Å². The van der Waals surface area contributed by atoms with Gasteiger partial charge >= 0.3 is 0 Å². The molecular weight excluding hydrogens is 324 g/mol. The molecule has 0 aromatic heterocycles. The zero-order valence-electron chi connectivity index (χ0n) is 14.2. The number of allylic oxidation sites excluding steroid dienone is 1. The van der Waals surface area contributed by atoms with Crippen LogP contribution in [0.2, 0.25) is 0 Å². The van der Waals surface area contributed by atoms with Crippen LogP contribution in [-0.2, 0) is 0 Å². The predicted octanol–water partition coefficient (Wildman–Crippen LogP) is 3.34. The van der Waals surface area contributed by atoms with Crippen molar-refractivity contribution in [2.24, 2.45) is 0 Å². The van der Waals surface area contributed by atoms with E-state index in [9.17, 15) is 4.79 Å². The largest absolute Gasteiger partial charge is 0.493 e. The molecule has 130 valence electrons. The van der Waals surface area contributed by atoms with Gasteiger partial charge in [0, 0.05) is 5.56 Å². The van der Waals surface area contributed by atoms with Crippen LogP contribution in [0.3, 0.4) is 0 Å². The Balaban J connectivity index is 1.85. The Kier molecular flexibility index (Phi) is 4.79. The van der Waals surface area contributed by atoms with Crippen molar-refractivity contribution in [1.29, 1.82) is 0 Å². The van der Waals surface area contributed by atoms with E-state index >= 15 is 0 Å². The van der Waals surface area contributed by atoms with Crippen LogP contribution in [0.25, 0.3) is 6.08 Å². The predicted molar refractivity (Wildman–Crippen MR) is 92.0 cm³/mol. The third kappa shape index (κ3) is 3.38. The topological polar surface area (TPSA) is 63.2 Å². The number of ether oxygens (including phenoxy) is 5. The van der Waals surface area contributed by atoms with Crippen molar-refractivity contribution < 1.29 is 28.5 Å². The molecule has 0 amide bonds. The van der Waals surface area contributed by atoms with Crippen LogP contribution in [0.15, 0.2) is 36.4 Å². The lowest BCUT2D eigenvalue weighted by Gasteiger charge is -2.12. The second-order valence-electron chi connectivity index (χ2n) is 5.22. The molecule has 3 rings (SSSR count). The number of rotatable bonds is 6. The van der Waals surface area contributed by atoms with E-state index in [1.54, 1.807) is 57.7 Å². The highest BCUT2D eigenvalue weighted by Gasteiger charge is 2.15. The zero-order chi connectivity index (χ0) is 17.8. The average molecular weight is 342 g/mol. The fraction of sp³-hybridized carbons (Fsp3) is 0.211. The molecule has 25 heavy (non-hydrogen) atoms. The number of fused-ring (bicyclic) bond motifs is 1. The fourth-order valence-corrected chi connectivity index (χ4v) is 2.52. The Morgan fingerprint density at radius 1 is 0.960 bits per heavy atom. The van der Waals surface area contributed by atoms with Crippen LogP contribution in [0.5, 0.6) is 28.7 Å². The van der Waals surface area contributed by atoms with Gasteiger partial charge in [0.25, 0.3) is 0 Å². The van der Waals surface area contributed by atoms with Crippen molar-refractivity contribution in [3.8, 4) is 28.7 Å². The molecule has 0 spiro atoms. The van der Waals surface area contributed by atoms with Gasteiger partial charge in [0.05, 0.1) is 21.3 Å². The number of hydrogen-bond acceptors (Lipinski definition) is 6. The molecule has 1 heterocycles. The molecule has 2 aromatic carbocycles. The minimum atomic E-state index is -0.146. The summed E-state index contributed by atoms with van der Waals surface area (Å²) in [5.41, 5.74) is 1.27. The van der Waals surface area contributed by atoms with Crippen LogP contribution in [-0.4, -0.2) is 33.9 Å². The van der Waals surface area contributed by atoms with Crippen LogP contribution in [0.4, 0.5) is 0 Å². The van der Waals surface area contributed by atoms with E-state index in [0.717, 1.165) is 5.56 Å². The molecule has 0 fully saturated rings. The van der Waals surface area contributed by atoms with E-state index in [1.165, 1.54) is 6.08 Å². The summed E-state index contributed by atoms with van der Waals surface area (Å²) in [4.78, 5) is 12.4. The molecular formula is C19H18O6. The maximum Gasteiger partial charge on any atom is 0.231 e. The lowest BCUT2D eigenvalue weighted by atomic mass is 10.1. The first-order chi connectivity index (χ1) is 12.2. The molecule has 0 unspecified atom stereocenters. The Morgan fingerprint density at radius 2 is 1.64 bits per heavy atom. The highest BCUT2D eigenvalue weighted by atomic mass is 16.7. The lowest BCUT2D eigenvalue weighted by molar-refractivity contribution is 0.104. The molecule has 2 aromatic rings. The van der Waals surface area contributed by atoms with E-state index in [2.05, 4.69) is 0 Å². The van der Waals surface area contributed by atoms with Crippen molar-refractivity contribution in [3.63, 3.8) is 0 Å². The molecule has 0 atom stereocenters. The van der Waals surface area contributed by atoms with Crippen molar-refractivity contribution in [2.75, 3.05) is 28.1 Å². The van der Waals surface area contributed by atoms with Gasteiger partial charge in [0.2, 0.25) is 12.5 Å². The van der Waals surface area contributed by atoms with Gasteiger partial charge in [-0.25, -0.2) is 0 Å². The molecule has 0 bridgehead atoms. The summed E-state index contributed by atoms with van der Waals surface area (Å²) >= 11 is 0. The van der Waals surface area contributed by atoms with Crippen molar-refractivity contribution in [3.05, 3.63) is 47.5 Å². The summed E-state index contributed by atoms with van der Waals surface area (Å²) in [6.07, 6.45) is 3.18. The summed E-state index contributed by atoms with van der Waals surface area (Å²) in [5, 5.41) is 0. The van der Waals surface area contributed by atoms with Crippen molar-refractivity contribution in [1.82, 2.24) is 0 Å². The molecule has 0 saturated carbocycles. The summed E-state index contributed by atoms with van der Waals surface area (Å²) in [6, 6.07) is 8.64. The molecule has 0 N–H and O–H groups in total. The molecule has 1 aliphatic heterocycles. The summed E-state index contributed by atoms with van der Waals surface area (Å²) in [6.45, 7) is 0.175. The third-order valence-corrected chi connectivity index (χ3v) is 3.77. The van der Waals surface area contributed by atoms with E-state index in [0.29, 0.717) is 34.3 Å². The van der Waals surface area contributed by atoms with E-state index in [4.69, 9.17) is 23.7 Å². The van der Waals surface area contributed by atoms with Gasteiger partial charge in [-0.3, -0.25) is 4.79 Å². The SMILES string of the molecule is COc1cc(/C=C/C(=O)c2ccc3c(c2)OCO3)cc(OC)c1OC. The van der Waals surface area contributed by atoms with Gasteiger partial charge in [0.15, 0.2) is 28.8 Å². The van der Waals surface area contributed by atoms with Crippen LogP contribution in [0.1, 0.15) is 15.9 Å². The number of carbonyl (C=O) groups is 1. The zero-order valence-corrected chi connectivity index (χ0v) is 14.2. The van der Waals surface area contributed by atoms with Gasteiger partial charge in [-0.2, -0.15) is 0 Å². The third-order valence-electron chi connectivity index (χ3n) is 3.77. The van der Waals surface area contributed by atoms with E-state index < -0.39 is 0 Å². The first-order valence-electron chi connectivity index (χ1n) is 7.58. The van der Waals surface area contributed by atoms with Gasteiger partial charge < -0.3 is 23.7 Å². The Hall–Kier alpha value is -3.15. The first kappa shape index (κ1) is 16.7. The lowest BCUT2D eigenvalue weighted by Crippen LogP contribution is -1.96. The summed E-state index contributed by atoms with van der Waals surface area (Å²) in [5.74, 6) is 2.63. The Bertz CT molecular complexity index is 800. The Morgan fingerprint density at radius 3 is 2.28 bits per heavy atom. The molecule has 0 saturated heterocycles. The molecule has 0 aliphatic carbocycles. The summed E-state index contributed by atoms with van der Waals surface area (Å²) in [7, 11) is 4.63. The van der Waals surface area contributed by atoms with Gasteiger partial charge in [0.1, 0.15) is 0 Å². The van der Waals surface area contributed by atoms with Crippen molar-refractivity contribution in [2.45, 2.75) is 0 Å². The van der Waals surface area contributed by atoms with Gasteiger partial charge in [-0.15, -0.1) is 0 Å². The standard InChI is InChI=1S/C19H18O6/c1-21-17-8-12(9-18(22-2)19(17)23-3)4-6-14(20)13-5-7-15-16(10-13)25-11-24-15/h4-10H,11H2,1-3H3/b6-4+. The Labute approximate surface area is 145 Å². The minimum Gasteiger partial charge on any atom is -0.493 e. The van der Waals surface area contributed by atoms with Crippen LogP contribution in [0, 0.1) is 0 Å². The quantitative estimate of drug-likeness (QED) is 0.593. The molecule has 0 radical (unpaired) electrons. The second kappa shape index (κ2) is 7.17. The number of methoxy groups -OCH3 is 3. The van der Waals surface area contributed by atoms with Crippen LogP contribution >= 0.6 is 0 Å².